The summed E-state index contributed by atoms with van der Waals surface area (Å²) in [6, 6.07) is 3.17. The average Bonchev–Trinajstić information content (AvgIpc) is 2.84. The molecule has 2 heterocycles. The molecule has 0 spiro atoms. The van der Waals surface area contributed by atoms with Crippen LogP contribution in [-0.2, 0) is 19.6 Å². The van der Waals surface area contributed by atoms with Crippen molar-refractivity contribution in [1.82, 2.24) is 19.9 Å². The lowest BCUT2D eigenvalue weighted by Crippen LogP contribution is -2.19. The van der Waals surface area contributed by atoms with Crippen LogP contribution in [0.5, 0.6) is 0 Å². The molecule has 2 N–H and O–H groups in total. The number of carboxylic acids is 1. The van der Waals surface area contributed by atoms with Crippen molar-refractivity contribution in [3.8, 4) is 0 Å². The number of aromatic nitrogens is 3. The second kappa shape index (κ2) is 7.17. The first kappa shape index (κ1) is 16.2. The Morgan fingerprint density at radius 1 is 1.36 bits per heavy atom. The Morgan fingerprint density at radius 2 is 2.14 bits per heavy atom. The second-order valence-electron chi connectivity index (χ2n) is 5.79. The van der Waals surface area contributed by atoms with Crippen molar-refractivity contribution in [3.63, 3.8) is 0 Å². The van der Waals surface area contributed by atoms with Gasteiger partial charge in [0.05, 0.1) is 17.8 Å². The van der Waals surface area contributed by atoms with Crippen LogP contribution in [-0.4, -0.2) is 25.6 Å². The van der Waals surface area contributed by atoms with Gasteiger partial charge in [0.2, 0.25) is 0 Å². The van der Waals surface area contributed by atoms with E-state index in [2.05, 4.69) is 33.7 Å². The van der Waals surface area contributed by atoms with Crippen LogP contribution < -0.4 is 5.32 Å². The number of carbonyl (C=O) groups is 1. The molecule has 0 unspecified atom stereocenters. The van der Waals surface area contributed by atoms with E-state index in [0.717, 1.165) is 18.1 Å². The van der Waals surface area contributed by atoms with E-state index in [-0.39, 0.29) is 5.56 Å². The number of hydrogen-bond acceptors (Lipinski definition) is 4. The number of nitrogens with zero attached hydrogens (tertiary/aromatic N) is 3. The molecule has 0 saturated heterocycles. The fraction of sp³-hybridized carbons (Fsp3) is 0.438. The van der Waals surface area contributed by atoms with Crippen molar-refractivity contribution in [2.75, 3.05) is 0 Å². The largest absolute Gasteiger partial charge is 0.478 e. The standard InChI is InChI=1S/C16H22N4O2/c1-11(2)10-20-5-4-18-15(20)9-17-8-14-7-13(16(21)22)6-12(3)19-14/h4-7,11,17H,8-10H2,1-3H3,(H,21,22). The van der Waals surface area contributed by atoms with Crippen LogP contribution in [0.1, 0.15) is 41.4 Å². The van der Waals surface area contributed by atoms with E-state index in [4.69, 9.17) is 5.11 Å². The first-order valence-electron chi connectivity index (χ1n) is 7.37. The molecule has 0 saturated carbocycles. The first-order valence-corrected chi connectivity index (χ1v) is 7.37. The van der Waals surface area contributed by atoms with Gasteiger partial charge in [-0.3, -0.25) is 4.98 Å². The van der Waals surface area contributed by atoms with Crippen LogP contribution in [0.3, 0.4) is 0 Å². The lowest BCUT2D eigenvalue weighted by atomic mass is 10.2. The Labute approximate surface area is 130 Å². The number of nitrogens with one attached hydrogen (secondary N) is 1. The summed E-state index contributed by atoms with van der Waals surface area (Å²) in [6.07, 6.45) is 3.78. The van der Waals surface area contributed by atoms with Gasteiger partial charge in [-0.15, -0.1) is 0 Å². The Hall–Kier alpha value is -2.21. The van der Waals surface area contributed by atoms with Gasteiger partial charge in [-0.05, 0) is 25.0 Å². The normalized spacial score (nSPS) is 11.1. The summed E-state index contributed by atoms with van der Waals surface area (Å²) >= 11 is 0. The molecule has 6 heteroatoms. The van der Waals surface area contributed by atoms with Gasteiger partial charge >= 0.3 is 5.97 Å². The van der Waals surface area contributed by atoms with Gasteiger partial charge in [-0.2, -0.15) is 0 Å². The molecule has 2 rings (SSSR count). The van der Waals surface area contributed by atoms with Crippen LogP contribution >= 0.6 is 0 Å². The first-order chi connectivity index (χ1) is 10.5. The fourth-order valence-corrected chi connectivity index (χ4v) is 2.32. The van der Waals surface area contributed by atoms with Crippen LogP contribution in [0.15, 0.2) is 24.5 Å². The summed E-state index contributed by atoms with van der Waals surface area (Å²) in [4.78, 5) is 19.8. The SMILES string of the molecule is Cc1cc(C(=O)O)cc(CNCc2nccn2CC(C)C)n1. The van der Waals surface area contributed by atoms with Crippen LogP contribution in [0.25, 0.3) is 0 Å². The molecule has 0 aliphatic rings. The predicted molar refractivity (Wildman–Crippen MR) is 83.5 cm³/mol. The Balaban J connectivity index is 1.97. The molecule has 0 aromatic carbocycles. The summed E-state index contributed by atoms with van der Waals surface area (Å²) in [5.74, 6) is 0.601. The molecule has 0 amide bonds. The summed E-state index contributed by atoms with van der Waals surface area (Å²) in [7, 11) is 0. The highest BCUT2D eigenvalue weighted by Gasteiger charge is 2.08. The molecule has 6 nitrogen and oxygen atoms in total. The van der Waals surface area contributed by atoms with Gasteiger partial charge in [0, 0.05) is 31.2 Å². The second-order valence-corrected chi connectivity index (χ2v) is 5.79. The molecule has 0 fully saturated rings. The van der Waals surface area contributed by atoms with Crippen molar-refractivity contribution < 1.29 is 9.90 Å². The van der Waals surface area contributed by atoms with Crippen molar-refractivity contribution in [3.05, 3.63) is 47.3 Å². The molecule has 0 bridgehead atoms. The monoisotopic (exact) mass is 302 g/mol. The van der Waals surface area contributed by atoms with E-state index < -0.39 is 5.97 Å². The van der Waals surface area contributed by atoms with Crippen LogP contribution in [0.2, 0.25) is 0 Å². The molecule has 118 valence electrons. The molecular weight excluding hydrogens is 280 g/mol. The lowest BCUT2D eigenvalue weighted by Gasteiger charge is -2.11. The summed E-state index contributed by atoms with van der Waals surface area (Å²) < 4.78 is 2.13. The maximum Gasteiger partial charge on any atom is 0.335 e. The van der Waals surface area contributed by atoms with E-state index in [1.807, 2.05) is 6.20 Å². The quantitative estimate of drug-likeness (QED) is 0.820. The van der Waals surface area contributed by atoms with Gasteiger partial charge in [-0.1, -0.05) is 13.8 Å². The molecule has 22 heavy (non-hydrogen) atoms. The van der Waals surface area contributed by atoms with Crippen LogP contribution in [0.4, 0.5) is 0 Å². The van der Waals surface area contributed by atoms with Crippen molar-refractivity contribution in [1.29, 1.82) is 0 Å². The van der Waals surface area contributed by atoms with Gasteiger partial charge in [0.15, 0.2) is 0 Å². The number of carboxylic acid groups (broad SMARTS) is 1. The van der Waals surface area contributed by atoms with E-state index in [9.17, 15) is 4.79 Å². The zero-order chi connectivity index (χ0) is 16.1. The summed E-state index contributed by atoms with van der Waals surface area (Å²) in [5.41, 5.74) is 1.70. The average molecular weight is 302 g/mol. The summed E-state index contributed by atoms with van der Waals surface area (Å²) in [5, 5.41) is 12.3. The lowest BCUT2D eigenvalue weighted by molar-refractivity contribution is 0.0696. The zero-order valence-electron chi connectivity index (χ0n) is 13.2. The minimum absolute atomic E-state index is 0.269. The van der Waals surface area contributed by atoms with Crippen molar-refractivity contribution in [2.45, 2.75) is 40.4 Å². The highest BCUT2D eigenvalue weighted by molar-refractivity contribution is 5.87. The maximum absolute atomic E-state index is 11.1. The van der Waals surface area contributed by atoms with Gasteiger partial charge in [0.1, 0.15) is 5.82 Å². The number of imidazole rings is 1. The molecule has 0 atom stereocenters. The topological polar surface area (TPSA) is 80.0 Å². The van der Waals surface area contributed by atoms with E-state index >= 15 is 0 Å². The van der Waals surface area contributed by atoms with Gasteiger partial charge < -0.3 is 15.0 Å². The smallest absolute Gasteiger partial charge is 0.335 e. The van der Waals surface area contributed by atoms with E-state index in [1.54, 1.807) is 25.3 Å². The van der Waals surface area contributed by atoms with E-state index in [0.29, 0.717) is 24.7 Å². The molecule has 2 aromatic rings. The Kier molecular flexibility index (Phi) is 5.27. The van der Waals surface area contributed by atoms with Gasteiger partial charge in [0.25, 0.3) is 0 Å². The molecule has 0 radical (unpaired) electrons. The third-order valence-electron chi connectivity index (χ3n) is 3.21. The number of hydrogen-bond donors (Lipinski definition) is 2. The molecule has 2 aromatic heterocycles. The molecular formula is C16H22N4O2. The van der Waals surface area contributed by atoms with Gasteiger partial charge in [-0.25, -0.2) is 9.78 Å². The number of rotatable bonds is 7. The van der Waals surface area contributed by atoms with Crippen molar-refractivity contribution >= 4 is 5.97 Å². The minimum atomic E-state index is -0.931. The maximum atomic E-state index is 11.1. The predicted octanol–water partition coefficient (Wildman–Crippen LogP) is 2.23. The highest BCUT2D eigenvalue weighted by Crippen LogP contribution is 2.07. The number of aryl methyl sites for hydroxylation is 1. The third kappa shape index (κ3) is 4.39. The Bertz CT molecular complexity index is 649. The Morgan fingerprint density at radius 3 is 2.82 bits per heavy atom. The summed E-state index contributed by atoms with van der Waals surface area (Å²) in [6.45, 7) is 8.20. The number of pyridine rings is 1. The third-order valence-corrected chi connectivity index (χ3v) is 3.21. The van der Waals surface area contributed by atoms with E-state index in [1.165, 1.54) is 0 Å². The molecule has 0 aliphatic carbocycles. The fourth-order valence-electron chi connectivity index (χ4n) is 2.32. The zero-order valence-corrected chi connectivity index (χ0v) is 13.2. The van der Waals surface area contributed by atoms with Crippen molar-refractivity contribution in [2.24, 2.45) is 5.92 Å². The molecule has 0 aliphatic heterocycles. The number of aromatic carboxylic acids is 1. The minimum Gasteiger partial charge on any atom is -0.478 e. The van der Waals surface area contributed by atoms with Crippen LogP contribution in [0, 0.1) is 12.8 Å². The highest BCUT2D eigenvalue weighted by atomic mass is 16.4.